The smallest absolute Gasteiger partial charge is 0.161 e. The number of carbonyl (C=O) groups is 1. The average Bonchev–Trinajstić information content (AvgIpc) is 2.93. The van der Waals surface area contributed by atoms with E-state index in [1.165, 1.54) is 11.3 Å². The molecule has 150 valence electrons. The second-order valence-electron chi connectivity index (χ2n) is 6.36. The molecule has 2 aromatic rings. The zero-order valence-electron chi connectivity index (χ0n) is 16.1. The van der Waals surface area contributed by atoms with Gasteiger partial charge in [-0.05, 0) is 60.4 Å². The Labute approximate surface area is 178 Å². The molecule has 7 heteroatoms. The quantitative estimate of drug-likeness (QED) is 0.298. The molecular formula is C21H25BrFN3OS. The lowest BCUT2D eigenvalue weighted by atomic mass is 10.1. The summed E-state index contributed by atoms with van der Waals surface area (Å²) in [6.07, 6.45) is 0.892. The number of thiophene rings is 1. The summed E-state index contributed by atoms with van der Waals surface area (Å²) in [4.78, 5) is 13.3. The number of Topliss-reactive ketones (excluding diaryl/α,β-unsaturated/α-hetero) is 1. The van der Waals surface area contributed by atoms with Gasteiger partial charge >= 0.3 is 0 Å². The summed E-state index contributed by atoms with van der Waals surface area (Å²) in [5, 5.41) is 9.73. The molecule has 0 radical (unpaired) electrons. The molecule has 0 amide bonds. The van der Waals surface area contributed by atoms with Gasteiger partial charge in [0, 0.05) is 28.0 Å². The van der Waals surface area contributed by atoms with E-state index in [4.69, 9.17) is 0 Å². The van der Waals surface area contributed by atoms with Crippen molar-refractivity contribution in [1.29, 1.82) is 0 Å². The van der Waals surface area contributed by atoms with E-state index in [0.717, 1.165) is 40.1 Å². The first-order valence-corrected chi connectivity index (χ1v) is 10.5. The van der Waals surface area contributed by atoms with Gasteiger partial charge in [0.25, 0.3) is 0 Å². The highest BCUT2D eigenvalue weighted by molar-refractivity contribution is 9.10. The lowest BCUT2D eigenvalue weighted by Crippen LogP contribution is -2.24. The molecule has 2 rings (SSSR count). The number of halogens is 2. The number of carbonyl (C=O) groups excluding carboxylic acids is 1. The van der Waals surface area contributed by atoms with E-state index in [2.05, 4.69) is 45.0 Å². The van der Waals surface area contributed by atoms with Gasteiger partial charge in [0.1, 0.15) is 5.83 Å². The average molecular weight is 466 g/mol. The summed E-state index contributed by atoms with van der Waals surface area (Å²) in [6, 6.07) is 7.36. The van der Waals surface area contributed by atoms with Crippen LogP contribution in [0, 0.1) is 6.92 Å². The third kappa shape index (κ3) is 6.02. The van der Waals surface area contributed by atoms with Crippen LogP contribution in [0.4, 0.5) is 10.1 Å². The van der Waals surface area contributed by atoms with Crippen LogP contribution in [0.5, 0.6) is 0 Å². The Morgan fingerprint density at radius 1 is 1.25 bits per heavy atom. The monoisotopic (exact) mass is 465 g/mol. The first-order valence-electron chi connectivity index (χ1n) is 8.94. The molecule has 1 aromatic carbocycles. The highest BCUT2D eigenvalue weighted by atomic mass is 79.9. The number of nitrogens with one attached hydrogen (secondary N) is 3. The number of para-hydroxylation sites is 1. The van der Waals surface area contributed by atoms with Gasteiger partial charge in [0.15, 0.2) is 5.78 Å². The van der Waals surface area contributed by atoms with Crippen LogP contribution in [-0.4, -0.2) is 18.9 Å². The first-order chi connectivity index (χ1) is 13.3. The Morgan fingerprint density at radius 3 is 2.61 bits per heavy atom. The molecule has 0 fully saturated rings. The zero-order valence-corrected chi connectivity index (χ0v) is 18.5. The molecule has 0 bridgehead atoms. The molecule has 0 atom stereocenters. The fourth-order valence-corrected chi connectivity index (χ4v) is 4.50. The standard InChI is InChI=1S/C21H25BrFN3OS/c1-13-19(28-21(14(2)23)20(13)22)12-24-10-7-11-25-16(4)26-18-9-6-5-8-17(18)15(3)27/h5-6,8-9,24-26H,2,4,7,10-12H2,1,3H3. The summed E-state index contributed by atoms with van der Waals surface area (Å²) < 4.78 is 14.2. The van der Waals surface area contributed by atoms with Crippen molar-refractivity contribution in [2.75, 3.05) is 18.4 Å². The normalized spacial score (nSPS) is 10.6. The fraction of sp³-hybridized carbons (Fsp3) is 0.286. The van der Waals surface area contributed by atoms with Crippen molar-refractivity contribution in [2.24, 2.45) is 0 Å². The summed E-state index contributed by atoms with van der Waals surface area (Å²) in [5.74, 6) is 0.251. The van der Waals surface area contributed by atoms with Crippen LogP contribution in [0.3, 0.4) is 0 Å². The summed E-state index contributed by atoms with van der Waals surface area (Å²) in [7, 11) is 0. The molecule has 1 heterocycles. The SMILES string of the molecule is C=C(NCCCNCc1sc(C(=C)F)c(Br)c1C)Nc1ccccc1C(C)=O. The molecule has 0 aliphatic carbocycles. The zero-order chi connectivity index (χ0) is 20.7. The third-order valence-electron chi connectivity index (χ3n) is 4.16. The van der Waals surface area contributed by atoms with Crippen LogP contribution in [0.25, 0.3) is 5.83 Å². The Balaban J connectivity index is 1.71. The maximum absolute atomic E-state index is 13.4. The predicted molar refractivity (Wildman–Crippen MR) is 120 cm³/mol. The van der Waals surface area contributed by atoms with Crippen molar-refractivity contribution in [2.45, 2.75) is 26.8 Å². The van der Waals surface area contributed by atoms with Gasteiger partial charge in [0.05, 0.1) is 16.4 Å². The van der Waals surface area contributed by atoms with Gasteiger partial charge in [-0.2, -0.15) is 0 Å². The second-order valence-corrected chi connectivity index (χ2v) is 8.26. The van der Waals surface area contributed by atoms with Crippen molar-refractivity contribution >= 4 is 44.6 Å². The maximum Gasteiger partial charge on any atom is 0.161 e. The van der Waals surface area contributed by atoms with Crippen LogP contribution in [0.15, 0.2) is 47.7 Å². The number of rotatable bonds is 11. The van der Waals surface area contributed by atoms with E-state index < -0.39 is 5.83 Å². The van der Waals surface area contributed by atoms with Crippen LogP contribution in [-0.2, 0) is 6.54 Å². The minimum atomic E-state index is -0.409. The highest BCUT2D eigenvalue weighted by Crippen LogP contribution is 2.37. The van der Waals surface area contributed by atoms with Gasteiger partial charge in [-0.3, -0.25) is 4.79 Å². The van der Waals surface area contributed by atoms with Crippen molar-refractivity contribution < 1.29 is 9.18 Å². The molecule has 1 aromatic heterocycles. The predicted octanol–water partition coefficient (Wildman–Crippen LogP) is 5.61. The van der Waals surface area contributed by atoms with Crippen molar-refractivity contribution in [1.82, 2.24) is 10.6 Å². The molecule has 0 unspecified atom stereocenters. The van der Waals surface area contributed by atoms with E-state index in [-0.39, 0.29) is 5.78 Å². The number of anilines is 1. The number of ketones is 1. The molecule has 4 nitrogen and oxygen atoms in total. The van der Waals surface area contributed by atoms with Crippen LogP contribution >= 0.6 is 27.3 Å². The summed E-state index contributed by atoms with van der Waals surface area (Å²) in [6.45, 7) is 13.1. The highest BCUT2D eigenvalue weighted by Gasteiger charge is 2.14. The van der Waals surface area contributed by atoms with Crippen molar-refractivity contribution in [3.8, 4) is 0 Å². The van der Waals surface area contributed by atoms with E-state index >= 15 is 0 Å². The molecule has 0 saturated heterocycles. The third-order valence-corrected chi connectivity index (χ3v) is 6.75. The molecular weight excluding hydrogens is 441 g/mol. The largest absolute Gasteiger partial charge is 0.372 e. The molecule has 3 N–H and O–H groups in total. The topological polar surface area (TPSA) is 53.2 Å². The molecule has 0 spiro atoms. The minimum absolute atomic E-state index is 0.00935. The minimum Gasteiger partial charge on any atom is -0.372 e. The van der Waals surface area contributed by atoms with Crippen LogP contribution in [0.1, 0.15) is 39.0 Å². The van der Waals surface area contributed by atoms with Crippen molar-refractivity contribution in [3.63, 3.8) is 0 Å². The van der Waals surface area contributed by atoms with Gasteiger partial charge in [-0.15, -0.1) is 11.3 Å². The number of benzene rings is 1. The van der Waals surface area contributed by atoms with Crippen LogP contribution in [0.2, 0.25) is 0 Å². The van der Waals surface area contributed by atoms with Gasteiger partial charge < -0.3 is 16.0 Å². The van der Waals surface area contributed by atoms with Gasteiger partial charge in [-0.1, -0.05) is 25.3 Å². The van der Waals surface area contributed by atoms with Gasteiger partial charge in [0.2, 0.25) is 0 Å². The van der Waals surface area contributed by atoms with Gasteiger partial charge in [-0.25, -0.2) is 4.39 Å². The molecule has 0 aliphatic heterocycles. The Bertz CT molecular complexity index is 879. The van der Waals surface area contributed by atoms with E-state index in [1.54, 1.807) is 13.0 Å². The Hall–Kier alpha value is -1.96. The van der Waals surface area contributed by atoms with E-state index in [9.17, 15) is 9.18 Å². The summed E-state index contributed by atoms with van der Waals surface area (Å²) in [5.41, 5.74) is 2.43. The second kappa shape index (κ2) is 10.5. The molecule has 28 heavy (non-hydrogen) atoms. The summed E-state index contributed by atoms with van der Waals surface area (Å²) >= 11 is 4.84. The van der Waals surface area contributed by atoms with E-state index in [0.29, 0.717) is 22.8 Å². The van der Waals surface area contributed by atoms with Crippen molar-refractivity contribution in [3.05, 3.63) is 68.6 Å². The fourth-order valence-electron chi connectivity index (χ4n) is 2.64. The lowest BCUT2D eigenvalue weighted by molar-refractivity contribution is 0.101. The number of hydrogen-bond donors (Lipinski definition) is 3. The maximum atomic E-state index is 13.4. The Kier molecular flexibility index (Phi) is 8.41. The number of hydrogen-bond acceptors (Lipinski definition) is 5. The molecule has 0 aliphatic rings. The van der Waals surface area contributed by atoms with E-state index in [1.807, 2.05) is 25.1 Å². The first kappa shape index (κ1) is 22.3. The Morgan fingerprint density at radius 2 is 1.96 bits per heavy atom. The van der Waals surface area contributed by atoms with Crippen LogP contribution < -0.4 is 16.0 Å². The molecule has 0 saturated carbocycles. The lowest BCUT2D eigenvalue weighted by Gasteiger charge is -2.14.